The van der Waals surface area contributed by atoms with Crippen molar-refractivity contribution >= 4 is 44.2 Å². The third kappa shape index (κ3) is 2.08. The fraction of sp³-hybridized carbons (Fsp3) is 0.125. The Bertz CT molecular complexity index is 1010. The van der Waals surface area contributed by atoms with Crippen molar-refractivity contribution in [1.82, 2.24) is 9.55 Å². The van der Waals surface area contributed by atoms with Gasteiger partial charge in [0.2, 0.25) is 5.88 Å². The van der Waals surface area contributed by atoms with Crippen LogP contribution in [0.1, 0.15) is 17.3 Å². The average molecular weight is 327 g/mol. The highest BCUT2D eigenvalue weighted by atomic mass is 32.1. The number of fused-ring (bicyclic) bond motifs is 2. The Labute approximate surface area is 135 Å². The molecule has 0 bridgehead atoms. The van der Waals surface area contributed by atoms with Crippen LogP contribution in [0.5, 0.6) is 5.88 Å². The highest BCUT2D eigenvalue weighted by Crippen LogP contribution is 2.35. The van der Waals surface area contributed by atoms with Crippen LogP contribution in [-0.2, 0) is 6.54 Å². The minimum Gasteiger partial charge on any atom is -0.494 e. The highest BCUT2D eigenvalue weighted by Gasteiger charge is 2.23. The molecule has 116 valence electrons. The first kappa shape index (κ1) is 13.8. The standard InChI is InChI=1S/C16H13N3O3S/c1-2-19-11-7-9-3-5-22-12(9)8-10(11)13(15(19)21)14(20)18-16-17-4-6-23-16/h3-8,21H,2H2,1H3,(H,17,18,20). The third-order valence-electron chi connectivity index (χ3n) is 3.81. The van der Waals surface area contributed by atoms with Gasteiger partial charge in [0, 0.05) is 28.9 Å². The number of carbonyl (C=O) groups is 1. The van der Waals surface area contributed by atoms with Crippen molar-refractivity contribution in [2.45, 2.75) is 13.5 Å². The number of aromatic hydroxyl groups is 1. The van der Waals surface area contributed by atoms with Gasteiger partial charge in [0.05, 0.1) is 11.8 Å². The molecule has 0 atom stereocenters. The van der Waals surface area contributed by atoms with Crippen molar-refractivity contribution < 1.29 is 14.3 Å². The Morgan fingerprint density at radius 1 is 1.48 bits per heavy atom. The summed E-state index contributed by atoms with van der Waals surface area (Å²) in [6, 6.07) is 5.55. The normalized spacial score (nSPS) is 11.3. The minimum atomic E-state index is -0.388. The largest absolute Gasteiger partial charge is 0.494 e. The van der Waals surface area contributed by atoms with Crippen LogP contribution in [-0.4, -0.2) is 20.6 Å². The minimum absolute atomic E-state index is 0.0517. The van der Waals surface area contributed by atoms with Crippen molar-refractivity contribution in [1.29, 1.82) is 0 Å². The fourth-order valence-electron chi connectivity index (χ4n) is 2.78. The van der Waals surface area contributed by atoms with Crippen molar-refractivity contribution in [2.75, 3.05) is 5.32 Å². The van der Waals surface area contributed by atoms with Crippen molar-refractivity contribution in [3.8, 4) is 5.88 Å². The molecule has 0 saturated carbocycles. The van der Waals surface area contributed by atoms with Gasteiger partial charge in [0.15, 0.2) is 5.13 Å². The number of rotatable bonds is 3. The molecule has 4 aromatic rings. The first-order chi connectivity index (χ1) is 11.2. The van der Waals surface area contributed by atoms with E-state index in [9.17, 15) is 9.90 Å². The molecule has 4 rings (SSSR count). The smallest absolute Gasteiger partial charge is 0.263 e. The molecular formula is C16H13N3O3S. The number of nitrogens with one attached hydrogen (secondary N) is 1. The van der Waals surface area contributed by atoms with E-state index < -0.39 is 0 Å². The van der Waals surface area contributed by atoms with E-state index in [-0.39, 0.29) is 17.4 Å². The van der Waals surface area contributed by atoms with E-state index in [1.165, 1.54) is 11.3 Å². The van der Waals surface area contributed by atoms with Gasteiger partial charge in [0.1, 0.15) is 11.1 Å². The summed E-state index contributed by atoms with van der Waals surface area (Å²) in [5.41, 5.74) is 1.70. The first-order valence-electron chi connectivity index (χ1n) is 7.12. The van der Waals surface area contributed by atoms with Crippen molar-refractivity contribution in [3.63, 3.8) is 0 Å². The molecule has 0 saturated heterocycles. The lowest BCUT2D eigenvalue weighted by molar-refractivity contribution is 0.102. The maximum atomic E-state index is 12.6. The fourth-order valence-corrected chi connectivity index (χ4v) is 3.30. The molecule has 0 spiro atoms. The first-order valence-corrected chi connectivity index (χ1v) is 8.00. The topological polar surface area (TPSA) is 80.3 Å². The van der Waals surface area contributed by atoms with Gasteiger partial charge in [-0.3, -0.25) is 10.1 Å². The summed E-state index contributed by atoms with van der Waals surface area (Å²) in [5.74, 6) is -0.440. The Kier molecular flexibility index (Phi) is 3.09. The average Bonchev–Trinajstić information content (AvgIpc) is 3.23. The monoisotopic (exact) mass is 327 g/mol. The number of carbonyl (C=O) groups excluding carboxylic acids is 1. The number of amides is 1. The lowest BCUT2D eigenvalue weighted by Gasteiger charge is -2.03. The van der Waals surface area contributed by atoms with E-state index in [1.54, 1.807) is 28.5 Å². The van der Waals surface area contributed by atoms with Crippen LogP contribution < -0.4 is 5.32 Å². The molecule has 0 aliphatic carbocycles. The van der Waals surface area contributed by atoms with Gasteiger partial charge < -0.3 is 14.1 Å². The molecule has 2 N–H and O–H groups in total. The van der Waals surface area contributed by atoms with Gasteiger partial charge in [-0.15, -0.1) is 11.3 Å². The van der Waals surface area contributed by atoms with Crippen LogP contribution in [0, 0.1) is 0 Å². The van der Waals surface area contributed by atoms with E-state index in [1.807, 2.05) is 19.1 Å². The molecular weight excluding hydrogens is 314 g/mol. The maximum Gasteiger partial charge on any atom is 0.263 e. The van der Waals surface area contributed by atoms with Gasteiger partial charge >= 0.3 is 0 Å². The zero-order valence-electron chi connectivity index (χ0n) is 12.2. The quantitative estimate of drug-likeness (QED) is 0.599. The number of nitrogens with zero attached hydrogens (tertiary/aromatic N) is 2. The van der Waals surface area contributed by atoms with Crippen molar-refractivity contribution in [3.05, 3.63) is 41.6 Å². The van der Waals surface area contributed by atoms with E-state index in [2.05, 4.69) is 10.3 Å². The van der Waals surface area contributed by atoms with Crippen LogP contribution in [0.2, 0.25) is 0 Å². The molecule has 0 radical (unpaired) electrons. The number of aryl methyl sites for hydroxylation is 1. The lowest BCUT2D eigenvalue weighted by atomic mass is 10.1. The second-order valence-electron chi connectivity index (χ2n) is 5.06. The van der Waals surface area contributed by atoms with Crippen molar-refractivity contribution in [2.24, 2.45) is 0 Å². The van der Waals surface area contributed by atoms with Gasteiger partial charge in [-0.25, -0.2) is 4.98 Å². The molecule has 0 aliphatic heterocycles. The molecule has 0 aliphatic rings. The van der Waals surface area contributed by atoms with Crippen LogP contribution in [0.3, 0.4) is 0 Å². The van der Waals surface area contributed by atoms with Gasteiger partial charge in [0.25, 0.3) is 5.91 Å². The van der Waals surface area contributed by atoms with Gasteiger partial charge in [-0.05, 0) is 25.1 Å². The zero-order valence-corrected chi connectivity index (χ0v) is 13.1. The molecule has 1 amide bonds. The molecule has 0 unspecified atom stereocenters. The Balaban J connectivity index is 1.93. The van der Waals surface area contributed by atoms with E-state index in [0.29, 0.717) is 22.6 Å². The number of benzene rings is 1. The van der Waals surface area contributed by atoms with E-state index in [0.717, 1.165) is 10.9 Å². The maximum absolute atomic E-state index is 12.6. The molecule has 23 heavy (non-hydrogen) atoms. The van der Waals surface area contributed by atoms with Crippen LogP contribution >= 0.6 is 11.3 Å². The summed E-state index contributed by atoms with van der Waals surface area (Å²) in [4.78, 5) is 16.6. The summed E-state index contributed by atoms with van der Waals surface area (Å²) in [6.45, 7) is 2.47. The third-order valence-corrected chi connectivity index (χ3v) is 4.49. The molecule has 1 aromatic carbocycles. The van der Waals surface area contributed by atoms with Gasteiger partial charge in [-0.2, -0.15) is 0 Å². The zero-order chi connectivity index (χ0) is 16.0. The van der Waals surface area contributed by atoms with Crippen LogP contribution in [0.4, 0.5) is 5.13 Å². The number of hydrogen-bond donors (Lipinski definition) is 2. The summed E-state index contributed by atoms with van der Waals surface area (Å²) in [6.07, 6.45) is 3.22. The van der Waals surface area contributed by atoms with Crippen LogP contribution in [0.25, 0.3) is 21.9 Å². The Hall–Kier alpha value is -2.80. The summed E-state index contributed by atoms with van der Waals surface area (Å²) in [5, 5.41) is 17.1. The second-order valence-corrected chi connectivity index (χ2v) is 5.96. The molecule has 3 aromatic heterocycles. The number of anilines is 1. The summed E-state index contributed by atoms with van der Waals surface area (Å²) >= 11 is 1.32. The number of hydrogen-bond acceptors (Lipinski definition) is 5. The van der Waals surface area contributed by atoms with Gasteiger partial charge in [-0.1, -0.05) is 0 Å². The predicted octanol–water partition coefficient (Wildman–Crippen LogP) is 3.82. The highest BCUT2D eigenvalue weighted by molar-refractivity contribution is 7.13. The summed E-state index contributed by atoms with van der Waals surface area (Å²) in [7, 11) is 0. The van der Waals surface area contributed by atoms with E-state index in [4.69, 9.17) is 4.42 Å². The Morgan fingerprint density at radius 3 is 3.09 bits per heavy atom. The summed E-state index contributed by atoms with van der Waals surface area (Å²) < 4.78 is 7.12. The van der Waals surface area contributed by atoms with E-state index >= 15 is 0 Å². The Morgan fingerprint density at radius 2 is 2.35 bits per heavy atom. The number of furan rings is 1. The second kappa shape index (κ2) is 5.13. The predicted molar refractivity (Wildman–Crippen MR) is 89.1 cm³/mol. The van der Waals surface area contributed by atoms with Crippen LogP contribution in [0.15, 0.2) is 40.5 Å². The molecule has 0 fully saturated rings. The SMILES string of the molecule is CCn1c(O)c(C(=O)Nc2nccs2)c2cc3occc3cc21. The number of thiazole rings is 1. The molecule has 3 heterocycles. The molecule has 6 nitrogen and oxygen atoms in total. The molecule has 7 heteroatoms. The number of aromatic nitrogens is 2. The lowest BCUT2D eigenvalue weighted by Crippen LogP contribution is -2.11.